The smallest absolute Gasteiger partial charge is 0.260 e. The molecule has 1 amide bonds. The molecule has 0 fully saturated rings. The minimum Gasteiger partial charge on any atom is -0.453 e. The van der Waals surface area contributed by atoms with E-state index >= 15 is 0 Å². The molecule has 4 N–H and O–H groups in total. The van der Waals surface area contributed by atoms with Gasteiger partial charge in [-0.2, -0.15) is 0 Å². The van der Waals surface area contributed by atoms with E-state index < -0.39 is 11.7 Å². The van der Waals surface area contributed by atoms with Crippen molar-refractivity contribution in [3.8, 4) is 11.5 Å². The Balaban J connectivity index is 1.93. The van der Waals surface area contributed by atoms with Gasteiger partial charge in [-0.1, -0.05) is 6.07 Å². The number of ether oxygens (including phenoxy) is 1. The Hall–Kier alpha value is -2.71. The maximum Gasteiger partial charge on any atom is 0.260 e. The van der Waals surface area contributed by atoms with Gasteiger partial charge in [-0.15, -0.1) is 11.3 Å². The molecule has 2 aromatic heterocycles. The number of carbonyl (C=O) groups excluding carboxylic acids is 1. The molecule has 0 bridgehead atoms. The van der Waals surface area contributed by atoms with Crippen LogP contribution >= 0.6 is 11.3 Å². The molecule has 3 rings (SSSR count). The summed E-state index contributed by atoms with van der Waals surface area (Å²) in [5, 5.41) is 0.461. The van der Waals surface area contributed by atoms with Gasteiger partial charge in [0.25, 0.3) is 5.91 Å². The fraction of sp³-hybridized carbons (Fsp3) is 0.222. The molecular weight excluding hydrogens is 355 g/mol. The van der Waals surface area contributed by atoms with Gasteiger partial charge < -0.3 is 21.1 Å². The van der Waals surface area contributed by atoms with E-state index in [0.717, 1.165) is 29.9 Å². The van der Waals surface area contributed by atoms with Crippen molar-refractivity contribution in [1.29, 1.82) is 0 Å². The summed E-state index contributed by atoms with van der Waals surface area (Å²) in [6, 6.07) is 6.45. The molecule has 0 aliphatic carbocycles. The van der Waals surface area contributed by atoms with E-state index in [1.807, 2.05) is 25.1 Å². The first kappa shape index (κ1) is 18.1. The average molecular weight is 374 g/mol. The van der Waals surface area contributed by atoms with Crippen LogP contribution in [0, 0.1) is 5.82 Å². The van der Waals surface area contributed by atoms with Crippen molar-refractivity contribution < 1.29 is 13.9 Å². The largest absolute Gasteiger partial charge is 0.453 e. The molecule has 8 heteroatoms. The lowest BCUT2D eigenvalue weighted by Crippen LogP contribution is -2.15. The number of fused-ring (bicyclic) bond motifs is 1. The van der Waals surface area contributed by atoms with Crippen LogP contribution in [0.2, 0.25) is 0 Å². The van der Waals surface area contributed by atoms with Gasteiger partial charge in [0.1, 0.15) is 15.5 Å². The van der Waals surface area contributed by atoms with Gasteiger partial charge >= 0.3 is 0 Å². The fourth-order valence-electron chi connectivity index (χ4n) is 2.54. The van der Waals surface area contributed by atoms with Gasteiger partial charge in [-0.25, -0.2) is 9.37 Å². The number of rotatable bonds is 6. The van der Waals surface area contributed by atoms with Crippen LogP contribution in [0.4, 0.5) is 10.1 Å². The van der Waals surface area contributed by atoms with Crippen LogP contribution in [-0.2, 0) is 6.42 Å². The number of pyridine rings is 1. The number of benzene rings is 1. The van der Waals surface area contributed by atoms with Crippen LogP contribution in [-0.4, -0.2) is 36.4 Å². The minimum atomic E-state index is -0.632. The van der Waals surface area contributed by atoms with Gasteiger partial charge in [0.15, 0.2) is 11.6 Å². The molecule has 0 aliphatic heterocycles. The van der Waals surface area contributed by atoms with Gasteiger partial charge in [0.05, 0.1) is 11.1 Å². The summed E-state index contributed by atoms with van der Waals surface area (Å²) >= 11 is 1.08. The van der Waals surface area contributed by atoms with Crippen molar-refractivity contribution in [3.05, 3.63) is 46.7 Å². The predicted octanol–water partition coefficient (Wildman–Crippen LogP) is 3.01. The second kappa shape index (κ2) is 7.27. The van der Waals surface area contributed by atoms with Crippen molar-refractivity contribution in [1.82, 2.24) is 9.88 Å². The van der Waals surface area contributed by atoms with Crippen LogP contribution in [0.1, 0.15) is 15.2 Å². The first-order chi connectivity index (χ1) is 12.4. The predicted molar refractivity (Wildman–Crippen MR) is 101 cm³/mol. The molecule has 136 valence electrons. The zero-order chi connectivity index (χ0) is 18.8. The third kappa shape index (κ3) is 3.61. The first-order valence-corrected chi connectivity index (χ1v) is 8.76. The second-order valence-electron chi connectivity index (χ2n) is 6.12. The number of hydrogen-bond acceptors (Lipinski definition) is 6. The van der Waals surface area contributed by atoms with Crippen molar-refractivity contribution in [3.63, 3.8) is 0 Å². The van der Waals surface area contributed by atoms with E-state index in [0.29, 0.717) is 16.0 Å². The molecule has 3 aromatic rings. The fourth-order valence-corrected chi connectivity index (χ4v) is 3.47. The van der Waals surface area contributed by atoms with E-state index in [9.17, 15) is 9.18 Å². The SMILES string of the molecule is CN(C)CCc1ccc(Oc2ccnc3sc(C(N)=O)c(N)c23)c(F)c1. The molecule has 0 aliphatic rings. The van der Waals surface area contributed by atoms with Crippen molar-refractivity contribution in [2.24, 2.45) is 5.73 Å². The normalized spacial score (nSPS) is 11.2. The molecular formula is C18H19FN4O2S. The Morgan fingerprint density at radius 3 is 2.73 bits per heavy atom. The summed E-state index contributed by atoms with van der Waals surface area (Å²) in [6.45, 7) is 0.825. The maximum absolute atomic E-state index is 14.4. The van der Waals surface area contributed by atoms with Crippen LogP contribution in [0.25, 0.3) is 10.2 Å². The number of carbonyl (C=O) groups is 1. The zero-order valence-electron chi connectivity index (χ0n) is 14.5. The quantitative estimate of drug-likeness (QED) is 0.692. The number of aromatic nitrogens is 1. The number of nitrogen functional groups attached to an aromatic ring is 1. The first-order valence-electron chi connectivity index (χ1n) is 7.94. The average Bonchev–Trinajstić information content (AvgIpc) is 2.93. The van der Waals surface area contributed by atoms with Crippen LogP contribution in [0.3, 0.4) is 0 Å². The Bertz CT molecular complexity index is 971. The highest BCUT2D eigenvalue weighted by Crippen LogP contribution is 2.40. The molecule has 2 heterocycles. The summed E-state index contributed by atoms with van der Waals surface area (Å²) in [4.78, 5) is 18.4. The number of likely N-dealkylation sites (N-methyl/N-ethyl adjacent to an activating group) is 1. The summed E-state index contributed by atoms with van der Waals surface area (Å²) in [5.41, 5.74) is 12.4. The van der Waals surface area contributed by atoms with Crippen LogP contribution < -0.4 is 16.2 Å². The van der Waals surface area contributed by atoms with Gasteiger partial charge in [-0.3, -0.25) is 4.79 Å². The lowest BCUT2D eigenvalue weighted by molar-refractivity contribution is 0.100. The van der Waals surface area contributed by atoms with E-state index in [1.54, 1.807) is 12.1 Å². The van der Waals surface area contributed by atoms with Crippen molar-refractivity contribution in [2.75, 3.05) is 26.4 Å². The number of primary amides is 1. The van der Waals surface area contributed by atoms with E-state index in [1.165, 1.54) is 12.3 Å². The standard InChI is InChI=1S/C18H19FN4O2S/c1-23(2)8-6-10-3-4-12(11(19)9-10)25-13-5-7-22-18-14(13)15(20)16(26-18)17(21)24/h3-5,7,9H,6,8,20H2,1-2H3,(H2,21,24). The molecule has 26 heavy (non-hydrogen) atoms. The molecule has 0 saturated heterocycles. The number of thiophene rings is 1. The molecule has 0 unspecified atom stereocenters. The summed E-state index contributed by atoms with van der Waals surface area (Å²) in [7, 11) is 3.93. The highest BCUT2D eigenvalue weighted by molar-refractivity contribution is 7.21. The lowest BCUT2D eigenvalue weighted by Gasteiger charge is -2.11. The Morgan fingerprint density at radius 2 is 2.08 bits per heavy atom. The molecule has 1 aromatic carbocycles. The number of nitrogens with zero attached hydrogens (tertiary/aromatic N) is 2. The second-order valence-corrected chi connectivity index (χ2v) is 7.12. The van der Waals surface area contributed by atoms with Gasteiger partial charge in [-0.05, 0) is 44.3 Å². The Kier molecular flexibility index (Phi) is 5.06. The molecule has 0 atom stereocenters. The maximum atomic E-state index is 14.4. The minimum absolute atomic E-state index is 0.0809. The Labute approximate surface area is 154 Å². The van der Waals surface area contributed by atoms with E-state index in [-0.39, 0.29) is 16.3 Å². The zero-order valence-corrected chi connectivity index (χ0v) is 15.3. The molecule has 0 saturated carbocycles. The lowest BCUT2D eigenvalue weighted by atomic mass is 10.1. The van der Waals surface area contributed by atoms with Crippen molar-refractivity contribution >= 4 is 33.1 Å². The third-order valence-electron chi connectivity index (χ3n) is 3.88. The Morgan fingerprint density at radius 1 is 1.31 bits per heavy atom. The van der Waals surface area contributed by atoms with Crippen LogP contribution in [0.5, 0.6) is 11.5 Å². The summed E-state index contributed by atoms with van der Waals surface area (Å²) in [5.74, 6) is -0.684. The molecule has 6 nitrogen and oxygen atoms in total. The topological polar surface area (TPSA) is 94.5 Å². The number of hydrogen-bond donors (Lipinski definition) is 2. The van der Waals surface area contributed by atoms with E-state index in [4.69, 9.17) is 16.2 Å². The molecule has 0 spiro atoms. The number of halogens is 1. The summed E-state index contributed by atoms with van der Waals surface area (Å²) in [6.07, 6.45) is 2.25. The third-order valence-corrected chi connectivity index (χ3v) is 5.01. The van der Waals surface area contributed by atoms with Gasteiger partial charge in [0.2, 0.25) is 0 Å². The number of amides is 1. The molecule has 0 radical (unpaired) electrons. The van der Waals surface area contributed by atoms with Crippen molar-refractivity contribution in [2.45, 2.75) is 6.42 Å². The highest BCUT2D eigenvalue weighted by Gasteiger charge is 2.19. The number of anilines is 1. The number of nitrogens with two attached hydrogens (primary N) is 2. The monoisotopic (exact) mass is 374 g/mol. The van der Waals surface area contributed by atoms with Crippen LogP contribution in [0.15, 0.2) is 30.5 Å². The summed E-state index contributed by atoms with van der Waals surface area (Å²) < 4.78 is 20.2. The van der Waals surface area contributed by atoms with E-state index in [2.05, 4.69) is 4.98 Å². The highest BCUT2D eigenvalue weighted by atomic mass is 32.1. The van der Waals surface area contributed by atoms with Gasteiger partial charge in [0, 0.05) is 12.7 Å².